The van der Waals surface area contributed by atoms with Gasteiger partial charge in [0.1, 0.15) is 0 Å². The summed E-state index contributed by atoms with van der Waals surface area (Å²) in [6, 6.07) is 0. The molecule has 0 aromatic heterocycles. The second-order valence-corrected chi connectivity index (χ2v) is 10.1. The van der Waals surface area contributed by atoms with E-state index in [1.165, 1.54) is 109 Å². The van der Waals surface area contributed by atoms with E-state index in [2.05, 4.69) is 38.8 Å². The van der Waals surface area contributed by atoms with Gasteiger partial charge in [-0.25, -0.2) is 0 Å². The van der Waals surface area contributed by atoms with E-state index in [4.69, 9.17) is 4.74 Å². The van der Waals surface area contributed by atoms with Crippen molar-refractivity contribution >= 4 is 31.9 Å². The fourth-order valence-electron chi connectivity index (χ4n) is 4.44. The molecule has 0 aliphatic heterocycles. The van der Waals surface area contributed by atoms with Crippen LogP contribution in [0.4, 0.5) is 0 Å². The lowest BCUT2D eigenvalue weighted by Crippen LogP contribution is -2.30. The molecule has 0 bridgehead atoms. The Kier molecular flexibility index (Phi) is 18.2. The average Bonchev–Trinajstić information content (AvgIpc) is 2.70. The van der Waals surface area contributed by atoms with Crippen LogP contribution in [0.1, 0.15) is 116 Å². The Balaban J connectivity index is 1.82. The lowest BCUT2D eigenvalue weighted by molar-refractivity contribution is 0.00106. The first-order valence-corrected chi connectivity index (χ1v) is 14.3. The molecule has 1 nitrogen and oxygen atoms in total. The van der Waals surface area contributed by atoms with Crippen LogP contribution in [-0.4, -0.2) is 23.4 Å². The summed E-state index contributed by atoms with van der Waals surface area (Å²) < 4.78 is 6.21. The summed E-state index contributed by atoms with van der Waals surface area (Å²) >= 11 is 7.35. The molecule has 0 saturated heterocycles. The molecule has 162 valence electrons. The molecule has 0 heterocycles. The molecule has 3 heteroatoms. The Labute approximate surface area is 187 Å². The van der Waals surface area contributed by atoms with E-state index in [0.29, 0.717) is 6.10 Å². The highest BCUT2D eigenvalue weighted by Gasteiger charge is 2.28. The Bertz CT molecular complexity index is 299. The third-order valence-electron chi connectivity index (χ3n) is 6.15. The van der Waals surface area contributed by atoms with Gasteiger partial charge < -0.3 is 4.74 Å². The molecule has 1 saturated carbocycles. The highest BCUT2D eigenvalue weighted by atomic mass is 79.9. The molecule has 2 unspecified atom stereocenters. The average molecular weight is 510 g/mol. The van der Waals surface area contributed by atoms with Gasteiger partial charge in [-0.2, -0.15) is 0 Å². The zero-order valence-corrected chi connectivity index (χ0v) is 21.2. The van der Waals surface area contributed by atoms with Gasteiger partial charge in [0.2, 0.25) is 0 Å². The summed E-state index contributed by atoms with van der Waals surface area (Å²) in [7, 11) is 0. The minimum absolute atomic E-state index is 0.505. The van der Waals surface area contributed by atoms with E-state index in [0.717, 1.165) is 29.1 Å². The zero-order valence-electron chi connectivity index (χ0n) is 18.0. The number of ether oxygens (including phenoxy) is 1. The summed E-state index contributed by atoms with van der Waals surface area (Å²) in [6.07, 6.45) is 24.3. The van der Waals surface area contributed by atoms with Gasteiger partial charge in [0.15, 0.2) is 0 Å². The molecular formula is C24H46Br2O. The predicted octanol–water partition coefficient (Wildman–Crippen LogP) is 9.06. The van der Waals surface area contributed by atoms with Crippen LogP contribution in [0, 0.1) is 11.8 Å². The van der Waals surface area contributed by atoms with Crippen molar-refractivity contribution in [3.05, 3.63) is 0 Å². The summed E-state index contributed by atoms with van der Waals surface area (Å²) in [6.45, 7) is 3.27. The zero-order chi connectivity index (χ0) is 19.6. The number of hydrogen-bond donors (Lipinski definition) is 0. The number of halogens is 2. The molecule has 1 aliphatic carbocycles. The molecule has 0 radical (unpaired) electrons. The quantitative estimate of drug-likeness (QED) is 0.132. The third kappa shape index (κ3) is 14.5. The minimum atomic E-state index is 0.505. The van der Waals surface area contributed by atoms with Crippen molar-refractivity contribution in [1.82, 2.24) is 0 Å². The maximum Gasteiger partial charge on any atom is 0.0581 e. The van der Waals surface area contributed by atoms with Gasteiger partial charge in [-0.1, -0.05) is 122 Å². The fraction of sp³-hybridized carbons (Fsp3) is 1.00. The molecule has 0 aromatic rings. The van der Waals surface area contributed by atoms with Crippen molar-refractivity contribution in [1.29, 1.82) is 0 Å². The van der Waals surface area contributed by atoms with Crippen LogP contribution in [0.25, 0.3) is 0 Å². The van der Waals surface area contributed by atoms with Crippen LogP contribution in [0.15, 0.2) is 0 Å². The Morgan fingerprint density at radius 3 is 1.41 bits per heavy atom. The van der Waals surface area contributed by atoms with Crippen molar-refractivity contribution in [2.45, 2.75) is 122 Å². The summed E-state index contributed by atoms with van der Waals surface area (Å²) in [5, 5.41) is 2.27. The normalized spacial score (nSPS) is 23.0. The molecule has 0 N–H and O–H groups in total. The van der Waals surface area contributed by atoms with Crippen LogP contribution in [0.5, 0.6) is 0 Å². The summed E-state index contributed by atoms with van der Waals surface area (Å²) in [5.74, 6) is 1.62. The first-order valence-electron chi connectivity index (χ1n) is 12.0. The number of alkyl halides is 2. The van der Waals surface area contributed by atoms with E-state index in [9.17, 15) is 0 Å². The second kappa shape index (κ2) is 18.9. The molecular weight excluding hydrogens is 464 g/mol. The monoisotopic (exact) mass is 508 g/mol. The standard InChI is InChI=1S/C24H46Br2O/c1-2-3-4-5-6-7-8-9-10-11-12-13-14-15-16-27-24-18-22(20-25)17-23(19-24)21-26/h22-24H,2-21H2,1H3. The van der Waals surface area contributed by atoms with Crippen LogP contribution < -0.4 is 0 Å². The van der Waals surface area contributed by atoms with Crippen molar-refractivity contribution in [3.8, 4) is 0 Å². The predicted molar refractivity (Wildman–Crippen MR) is 128 cm³/mol. The number of hydrogen-bond acceptors (Lipinski definition) is 1. The van der Waals surface area contributed by atoms with Crippen molar-refractivity contribution in [3.63, 3.8) is 0 Å². The third-order valence-corrected chi connectivity index (χ3v) is 7.98. The molecule has 1 rings (SSSR count). The molecule has 27 heavy (non-hydrogen) atoms. The van der Waals surface area contributed by atoms with E-state index >= 15 is 0 Å². The summed E-state index contributed by atoms with van der Waals surface area (Å²) in [4.78, 5) is 0. The highest BCUT2D eigenvalue weighted by molar-refractivity contribution is 9.09. The van der Waals surface area contributed by atoms with E-state index in [1.54, 1.807) is 0 Å². The van der Waals surface area contributed by atoms with Crippen molar-refractivity contribution < 1.29 is 4.74 Å². The van der Waals surface area contributed by atoms with Crippen LogP contribution in [-0.2, 0) is 4.74 Å². The molecule has 0 spiro atoms. The van der Waals surface area contributed by atoms with Gasteiger partial charge in [-0.05, 0) is 37.5 Å². The van der Waals surface area contributed by atoms with Crippen LogP contribution >= 0.6 is 31.9 Å². The maximum atomic E-state index is 6.21. The molecule has 0 amide bonds. The van der Waals surface area contributed by atoms with Crippen molar-refractivity contribution in [2.75, 3.05) is 17.3 Å². The van der Waals surface area contributed by atoms with Gasteiger partial charge in [-0.3, -0.25) is 0 Å². The molecule has 2 atom stereocenters. The lowest BCUT2D eigenvalue weighted by Gasteiger charge is -2.33. The van der Waals surface area contributed by atoms with Crippen LogP contribution in [0.3, 0.4) is 0 Å². The van der Waals surface area contributed by atoms with Crippen LogP contribution in [0.2, 0.25) is 0 Å². The molecule has 1 aliphatic rings. The fourth-order valence-corrected chi connectivity index (χ4v) is 5.50. The Morgan fingerprint density at radius 2 is 1.00 bits per heavy atom. The number of unbranched alkanes of at least 4 members (excludes halogenated alkanes) is 13. The topological polar surface area (TPSA) is 9.23 Å². The van der Waals surface area contributed by atoms with E-state index < -0.39 is 0 Å². The Hall–Kier alpha value is 0.920. The number of rotatable bonds is 18. The largest absolute Gasteiger partial charge is 0.378 e. The lowest BCUT2D eigenvalue weighted by atomic mass is 9.81. The SMILES string of the molecule is CCCCCCCCCCCCCCCCOC1CC(CBr)CC(CBr)C1. The van der Waals surface area contributed by atoms with Gasteiger partial charge in [0, 0.05) is 17.3 Å². The highest BCUT2D eigenvalue weighted by Crippen LogP contribution is 2.33. The van der Waals surface area contributed by atoms with E-state index in [1.807, 2.05) is 0 Å². The molecule has 1 fully saturated rings. The van der Waals surface area contributed by atoms with E-state index in [-0.39, 0.29) is 0 Å². The van der Waals surface area contributed by atoms with Gasteiger partial charge in [-0.15, -0.1) is 0 Å². The van der Waals surface area contributed by atoms with Gasteiger partial charge in [0.05, 0.1) is 6.10 Å². The van der Waals surface area contributed by atoms with Crippen molar-refractivity contribution in [2.24, 2.45) is 11.8 Å². The molecule has 0 aromatic carbocycles. The van der Waals surface area contributed by atoms with Gasteiger partial charge in [0.25, 0.3) is 0 Å². The Morgan fingerprint density at radius 1 is 0.593 bits per heavy atom. The van der Waals surface area contributed by atoms with Gasteiger partial charge >= 0.3 is 0 Å². The minimum Gasteiger partial charge on any atom is -0.378 e. The maximum absolute atomic E-state index is 6.21. The smallest absolute Gasteiger partial charge is 0.0581 e. The second-order valence-electron chi connectivity index (χ2n) is 8.84. The summed E-state index contributed by atoms with van der Waals surface area (Å²) in [5.41, 5.74) is 0. The first kappa shape index (κ1) is 26.0. The first-order chi connectivity index (χ1) is 13.3.